The van der Waals surface area contributed by atoms with E-state index < -0.39 is 12.1 Å². The van der Waals surface area contributed by atoms with Gasteiger partial charge in [0.05, 0.1) is 12.7 Å². The van der Waals surface area contributed by atoms with Gasteiger partial charge in [0, 0.05) is 26.7 Å². The molecular formula is C21H29F3N2O5. The number of nitrogens with zero attached hydrogens (tertiary/aromatic N) is 1. The first-order valence-corrected chi connectivity index (χ1v) is 10.2. The van der Waals surface area contributed by atoms with Gasteiger partial charge in [-0.25, -0.2) is 4.79 Å². The second kappa shape index (κ2) is 12.0. The molecule has 0 aromatic heterocycles. The lowest BCUT2D eigenvalue weighted by atomic mass is 9.91. The Hall–Kier alpha value is -2.17. The number of hydrogen-bond acceptors (Lipinski definition) is 5. The van der Waals surface area contributed by atoms with Crippen LogP contribution < -0.4 is 5.32 Å². The van der Waals surface area contributed by atoms with Crippen LogP contribution in [0.1, 0.15) is 18.4 Å². The van der Waals surface area contributed by atoms with E-state index in [-0.39, 0.29) is 18.1 Å². The van der Waals surface area contributed by atoms with E-state index in [9.17, 15) is 18.0 Å². The van der Waals surface area contributed by atoms with E-state index in [0.717, 1.165) is 38.9 Å². The van der Waals surface area contributed by atoms with Crippen molar-refractivity contribution in [2.45, 2.75) is 37.6 Å². The Morgan fingerprint density at radius 1 is 1.29 bits per heavy atom. The van der Waals surface area contributed by atoms with Gasteiger partial charge in [-0.15, -0.1) is 0 Å². The summed E-state index contributed by atoms with van der Waals surface area (Å²) in [6, 6.07) is 10.6. The number of piperidine rings is 1. The molecule has 0 saturated carbocycles. The Balaban J connectivity index is 0.000000423. The largest absolute Gasteiger partial charge is 0.490 e. The van der Waals surface area contributed by atoms with Crippen LogP contribution in [0, 0.1) is 5.92 Å². The monoisotopic (exact) mass is 446 g/mol. The van der Waals surface area contributed by atoms with Crippen LogP contribution in [-0.2, 0) is 25.5 Å². The average Bonchev–Trinajstić information content (AvgIpc) is 3.16. The molecule has 0 bridgehead atoms. The zero-order valence-corrected chi connectivity index (χ0v) is 17.4. The van der Waals surface area contributed by atoms with E-state index in [4.69, 9.17) is 19.4 Å². The maximum absolute atomic E-state index is 12.2. The Labute approximate surface area is 179 Å². The standard InChI is InChI=1S/C19H28N2O3.C2HF3O2/c1-23-12-9-20-19(22)17-13-16-8-11-21(14-18(16)24-17)10-7-15-5-3-2-4-6-15;3-2(4,5)1(6)7/h2-6,16-18H,7-14H2,1H3,(H,20,22);(H,6,7)/t16-,17-,18+;/m0./s1. The van der Waals surface area contributed by atoms with Crippen LogP contribution >= 0.6 is 0 Å². The van der Waals surface area contributed by atoms with E-state index in [0.29, 0.717) is 19.1 Å². The van der Waals surface area contributed by atoms with E-state index in [1.54, 1.807) is 7.11 Å². The van der Waals surface area contributed by atoms with Crippen LogP contribution in [0.5, 0.6) is 0 Å². The SMILES string of the molecule is COCCNC(=O)[C@@H]1C[C@@H]2CCN(CCc3ccccc3)C[C@H]2O1.O=C(O)C(F)(F)F. The highest BCUT2D eigenvalue weighted by Gasteiger charge is 2.41. The number of hydrogen-bond donors (Lipinski definition) is 2. The van der Waals surface area contributed by atoms with Crippen molar-refractivity contribution < 1.29 is 37.3 Å². The maximum atomic E-state index is 12.2. The third kappa shape index (κ3) is 8.47. The molecule has 0 unspecified atom stereocenters. The fourth-order valence-electron chi connectivity index (χ4n) is 3.69. The van der Waals surface area contributed by atoms with Crippen molar-refractivity contribution in [2.24, 2.45) is 5.92 Å². The number of nitrogens with one attached hydrogen (secondary N) is 1. The maximum Gasteiger partial charge on any atom is 0.490 e. The molecule has 1 aromatic carbocycles. The number of amides is 1. The summed E-state index contributed by atoms with van der Waals surface area (Å²) in [6.45, 7) is 4.20. The number of methoxy groups -OCH3 is 1. The fourth-order valence-corrected chi connectivity index (χ4v) is 3.69. The molecule has 7 nitrogen and oxygen atoms in total. The lowest BCUT2D eigenvalue weighted by Gasteiger charge is -2.34. The van der Waals surface area contributed by atoms with Gasteiger partial charge in [0.1, 0.15) is 6.10 Å². The van der Waals surface area contributed by atoms with Gasteiger partial charge >= 0.3 is 12.1 Å². The van der Waals surface area contributed by atoms with Crippen LogP contribution in [0.3, 0.4) is 0 Å². The zero-order valence-electron chi connectivity index (χ0n) is 17.4. The molecule has 31 heavy (non-hydrogen) atoms. The smallest absolute Gasteiger partial charge is 0.475 e. The minimum absolute atomic E-state index is 0.0114. The number of alkyl halides is 3. The van der Waals surface area contributed by atoms with Gasteiger partial charge in [-0.2, -0.15) is 13.2 Å². The summed E-state index contributed by atoms with van der Waals surface area (Å²) in [4.78, 5) is 23.5. The van der Waals surface area contributed by atoms with Crippen LogP contribution in [0.2, 0.25) is 0 Å². The number of fused-ring (bicyclic) bond motifs is 1. The summed E-state index contributed by atoms with van der Waals surface area (Å²) in [5.74, 6) is -2.22. The molecule has 2 N–H and O–H groups in total. The predicted molar refractivity (Wildman–Crippen MR) is 107 cm³/mol. The van der Waals surface area contributed by atoms with Gasteiger partial charge in [0.15, 0.2) is 0 Å². The Kier molecular flexibility index (Phi) is 9.73. The predicted octanol–water partition coefficient (Wildman–Crippen LogP) is 2.10. The van der Waals surface area contributed by atoms with Gasteiger partial charge in [0.25, 0.3) is 0 Å². The van der Waals surface area contributed by atoms with Crippen molar-refractivity contribution in [2.75, 3.05) is 39.9 Å². The number of aliphatic carboxylic acids is 1. The second-order valence-corrected chi connectivity index (χ2v) is 7.57. The average molecular weight is 446 g/mol. The number of benzene rings is 1. The van der Waals surface area contributed by atoms with E-state index in [2.05, 4.69) is 40.5 Å². The fraction of sp³-hybridized carbons (Fsp3) is 0.619. The number of rotatable bonds is 7. The van der Waals surface area contributed by atoms with Crippen molar-refractivity contribution in [1.29, 1.82) is 0 Å². The van der Waals surface area contributed by atoms with Crippen molar-refractivity contribution in [3.63, 3.8) is 0 Å². The van der Waals surface area contributed by atoms with Crippen LogP contribution in [0.15, 0.2) is 30.3 Å². The summed E-state index contributed by atoms with van der Waals surface area (Å²) in [5.41, 5.74) is 1.38. The first-order valence-electron chi connectivity index (χ1n) is 10.2. The summed E-state index contributed by atoms with van der Waals surface area (Å²) in [6.07, 6.45) is -2.12. The molecule has 0 aliphatic carbocycles. The normalized spacial score (nSPS) is 23.4. The van der Waals surface area contributed by atoms with Gasteiger partial charge in [-0.3, -0.25) is 4.79 Å². The van der Waals surface area contributed by atoms with Gasteiger partial charge < -0.3 is 24.8 Å². The summed E-state index contributed by atoms with van der Waals surface area (Å²) in [7, 11) is 1.64. The van der Waals surface area contributed by atoms with Crippen molar-refractivity contribution in [1.82, 2.24) is 10.2 Å². The molecule has 2 saturated heterocycles. The summed E-state index contributed by atoms with van der Waals surface area (Å²) >= 11 is 0. The molecule has 0 radical (unpaired) electrons. The molecule has 2 aliphatic heterocycles. The highest BCUT2D eigenvalue weighted by molar-refractivity contribution is 5.81. The quantitative estimate of drug-likeness (QED) is 0.624. The first kappa shape index (κ1) is 25.1. The van der Waals surface area contributed by atoms with E-state index >= 15 is 0 Å². The highest BCUT2D eigenvalue weighted by Crippen LogP contribution is 2.33. The third-order valence-corrected chi connectivity index (χ3v) is 5.34. The number of carboxylic acids is 1. The molecule has 0 spiro atoms. The van der Waals surface area contributed by atoms with Crippen LogP contribution in [-0.4, -0.2) is 80.2 Å². The number of carboxylic acid groups (broad SMARTS) is 1. The van der Waals surface area contributed by atoms with Crippen LogP contribution in [0.4, 0.5) is 13.2 Å². The minimum atomic E-state index is -5.08. The van der Waals surface area contributed by atoms with Crippen molar-refractivity contribution in [3.05, 3.63) is 35.9 Å². The Morgan fingerprint density at radius 3 is 2.58 bits per heavy atom. The lowest BCUT2D eigenvalue weighted by molar-refractivity contribution is -0.192. The molecular weight excluding hydrogens is 417 g/mol. The molecule has 3 rings (SSSR count). The number of likely N-dealkylation sites (tertiary alicyclic amines) is 1. The van der Waals surface area contributed by atoms with E-state index in [1.807, 2.05) is 0 Å². The third-order valence-electron chi connectivity index (χ3n) is 5.34. The van der Waals surface area contributed by atoms with Gasteiger partial charge in [0.2, 0.25) is 5.91 Å². The van der Waals surface area contributed by atoms with Crippen molar-refractivity contribution in [3.8, 4) is 0 Å². The minimum Gasteiger partial charge on any atom is -0.475 e. The van der Waals surface area contributed by atoms with Gasteiger partial charge in [-0.05, 0) is 37.3 Å². The number of carbonyl (C=O) groups excluding carboxylic acids is 1. The Bertz CT molecular complexity index is 702. The molecule has 10 heteroatoms. The molecule has 1 amide bonds. The number of ether oxygens (including phenoxy) is 2. The van der Waals surface area contributed by atoms with E-state index in [1.165, 1.54) is 5.56 Å². The highest BCUT2D eigenvalue weighted by atomic mass is 19.4. The summed E-state index contributed by atoms with van der Waals surface area (Å²) < 4.78 is 42.7. The summed E-state index contributed by atoms with van der Waals surface area (Å²) in [5, 5.41) is 10.0. The molecule has 2 heterocycles. The molecule has 2 fully saturated rings. The number of halogens is 3. The van der Waals surface area contributed by atoms with Crippen molar-refractivity contribution >= 4 is 11.9 Å². The topological polar surface area (TPSA) is 88.1 Å². The molecule has 174 valence electrons. The molecule has 1 aromatic rings. The molecule has 3 atom stereocenters. The van der Waals surface area contributed by atoms with Gasteiger partial charge in [-0.1, -0.05) is 30.3 Å². The second-order valence-electron chi connectivity index (χ2n) is 7.57. The van der Waals surface area contributed by atoms with Crippen LogP contribution in [0.25, 0.3) is 0 Å². The Morgan fingerprint density at radius 2 is 1.97 bits per heavy atom. The zero-order chi connectivity index (χ0) is 22.9. The first-order chi connectivity index (χ1) is 14.7. The molecule has 2 aliphatic rings. The number of carbonyl (C=O) groups is 2. The lowest BCUT2D eigenvalue weighted by Crippen LogP contribution is -2.43.